The molecular weight excluding hydrogens is 801 g/mol. The van der Waals surface area contributed by atoms with Crippen molar-refractivity contribution >= 4 is 57.6 Å². The Hall–Kier alpha value is -5.06. The molecule has 3 fully saturated rings. The van der Waals surface area contributed by atoms with Gasteiger partial charge in [-0.25, -0.2) is 9.78 Å². The number of halogens is 4. The van der Waals surface area contributed by atoms with Gasteiger partial charge in [-0.2, -0.15) is 18.3 Å². The fourth-order valence-corrected chi connectivity index (χ4v) is 8.79. The van der Waals surface area contributed by atoms with Crippen molar-refractivity contribution in [2.24, 2.45) is 11.8 Å². The first kappa shape index (κ1) is 43.0. The quantitative estimate of drug-likeness (QED) is 0.139. The highest BCUT2D eigenvalue weighted by Crippen LogP contribution is 2.37. The number of fused-ring (bicyclic) bond motifs is 1. The van der Waals surface area contributed by atoms with Crippen LogP contribution in [0.3, 0.4) is 0 Å². The van der Waals surface area contributed by atoms with Gasteiger partial charge >= 0.3 is 12.2 Å². The molecular formula is C43H50ClF3N8O5. The number of anilines is 2. The number of likely N-dealkylation sites (tertiary alicyclic amines) is 1. The lowest BCUT2D eigenvalue weighted by Crippen LogP contribution is -2.49. The van der Waals surface area contributed by atoms with Crippen LogP contribution in [0.4, 0.5) is 29.3 Å². The molecule has 1 aliphatic carbocycles. The summed E-state index contributed by atoms with van der Waals surface area (Å²) in [5.74, 6) is -0.200. The molecule has 0 atom stereocenters. The van der Waals surface area contributed by atoms with Gasteiger partial charge in [0.25, 0.3) is 11.8 Å². The van der Waals surface area contributed by atoms with Gasteiger partial charge in [0.1, 0.15) is 11.4 Å². The molecule has 2 aromatic heterocycles. The summed E-state index contributed by atoms with van der Waals surface area (Å²) in [4.78, 5) is 59.7. The number of piperidine rings is 1. The number of carbonyl (C=O) groups excluding carboxylic acids is 4. The smallest absolute Gasteiger partial charge is 0.386 e. The van der Waals surface area contributed by atoms with Crippen LogP contribution in [0.1, 0.15) is 103 Å². The fourth-order valence-electron chi connectivity index (χ4n) is 8.57. The van der Waals surface area contributed by atoms with E-state index in [0.717, 1.165) is 75.6 Å². The van der Waals surface area contributed by atoms with E-state index >= 15 is 0 Å². The van der Waals surface area contributed by atoms with E-state index in [2.05, 4.69) is 27.6 Å². The first-order valence-electron chi connectivity index (χ1n) is 20.4. The zero-order chi connectivity index (χ0) is 42.9. The van der Waals surface area contributed by atoms with Crippen LogP contribution in [0.25, 0.3) is 10.9 Å². The Bertz CT molecular complexity index is 2260. The number of aliphatic hydroxyl groups is 1. The summed E-state index contributed by atoms with van der Waals surface area (Å²) in [5.41, 5.74) is -0.782. The third-order valence-electron chi connectivity index (χ3n) is 12.0. The number of pyridine rings is 1. The minimum atomic E-state index is -4.70. The first-order chi connectivity index (χ1) is 28.4. The van der Waals surface area contributed by atoms with E-state index in [4.69, 9.17) is 16.7 Å². The van der Waals surface area contributed by atoms with Crippen LogP contribution in [0.15, 0.2) is 54.7 Å². The van der Waals surface area contributed by atoms with Crippen molar-refractivity contribution in [3.8, 4) is 0 Å². The number of rotatable bonds is 11. The number of hydrogen-bond acceptors (Lipinski definition) is 8. The van der Waals surface area contributed by atoms with Crippen LogP contribution in [0.2, 0.25) is 5.02 Å². The van der Waals surface area contributed by atoms with Gasteiger partial charge in [-0.15, -0.1) is 0 Å². The average molecular weight is 851 g/mol. The molecule has 320 valence electrons. The molecule has 17 heteroatoms. The molecule has 2 aliphatic heterocycles. The summed E-state index contributed by atoms with van der Waals surface area (Å²) >= 11 is 6.39. The lowest BCUT2D eigenvalue weighted by molar-refractivity contribution is -0.141. The van der Waals surface area contributed by atoms with Gasteiger partial charge in [-0.3, -0.25) is 29.3 Å². The number of nitrogens with zero attached hydrogens (tertiary/aromatic N) is 6. The molecule has 0 unspecified atom stereocenters. The van der Waals surface area contributed by atoms with Gasteiger partial charge in [0, 0.05) is 61.0 Å². The average Bonchev–Trinajstić information content (AvgIpc) is 3.63. The van der Waals surface area contributed by atoms with Crippen LogP contribution >= 0.6 is 11.6 Å². The van der Waals surface area contributed by atoms with Crippen molar-refractivity contribution in [3.05, 3.63) is 82.3 Å². The second kappa shape index (κ2) is 17.5. The van der Waals surface area contributed by atoms with E-state index in [1.807, 2.05) is 15.8 Å². The lowest BCUT2D eigenvalue weighted by atomic mass is 9.85. The van der Waals surface area contributed by atoms with E-state index in [1.54, 1.807) is 44.2 Å². The number of carbonyl (C=O) groups is 4. The zero-order valence-electron chi connectivity index (χ0n) is 33.9. The lowest BCUT2D eigenvalue weighted by Gasteiger charge is -2.34. The molecule has 4 aromatic rings. The Labute approximate surface area is 351 Å². The molecule has 0 bridgehead atoms. The summed E-state index contributed by atoms with van der Waals surface area (Å²) < 4.78 is 41.7. The highest BCUT2D eigenvalue weighted by atomic mass is 35.5. The molecule has 5 amide bonds. The molecule has 13 nitrogen and oxygen atoms in total. The monoisotopic (exact) mass is 850 g/mol. The third kappa shape index (κ3) is 9.93. The fraction of sp³-hybridized carbons (Fsp3) is 0.488. The van der Waals surface area contributed by atoms with Gasteiger partial charge in [0.2, 0.25) is 5.91 Å². The molecule has 60 heavy (non-hydrogen) atoms. The Kier molecular flexibility index (Phi) is 12.6. The highest BCUT2D eigenvalue weighted by Gasteiger charge is 2.34. The van der Waals surface area contributed by atoms with Gasteiger partial charge in [0.05, 0.1) is 27.9 Å². The van der Waals surface area contributed by atoms with E-state index in [1.165, 1.54) is 11.0 Å². The maximum Gasteiger partial charge on any atom is 0.433 e. The Balaban J connectivity index is 0.881. The number of hydrogen-bond donors (Lipinski definition) is 3. The molecule has 1 saturated carbocycles. The Morgan fingerprint density at radius 1 is 0.983 bits per heavy atom. The minimum Gasteiger partial charge on any atom is -0.386 e. The maximum atomic E-state index is 13.5. The highest BCUT2D eigenvalue weighted by molar-refractivity contribution is 6.34. The summed E-state index contributed by atoms with van der Waals surface area (Å²) in [6.07, 6.45) is 4.24. The van der Waals surface area contributed by atoms with Crippen LogP contribution in [-0.4, -0.2) is 93.2 Å². The van der Waals surface area contributed by atoms with Gasteiger partial charge < -0.3 is 20.2 Å². The molecule has 2 aromatic carbocycles. The van der Waals surface area contributed by atoms with Crippen LogP contribution < -0.4 is 15.5 Å². The molecule has 0 radical (unpaired) electrons. The Morgan fingerprint density at radius 3 is 2.40 bits per heavy atom. The van der Waals surface area contributed by atoms with Crippen molar-refractivity contribution in [2.45, 2.75) is 83.0 Å². The molecule has 2 saturated heterocycles. The SMILES string of the molecule is CN(CCC1CCN(C(=O)c2ccc(Cl)c(N3CCC(=O)NC3=O)c2)CC1)CC1CCC(n2cc3cc(NC(=O)c4cccc(C(F)(F)F)n4)c(C(C)(C)O)cc3n2)CC1. The molecule has 7 rings (SSSR count). The van der Waals surface area contributed by atoms with Gasteiger partial charge in [0.15, 0.2) is 0 Å². The minimum absolute atomic E-state index is 0.0990. The maximum absolute atomic E-state index is 13.5. The van der Waals surface area contributed by atoms with Crippen molar-refractivity contribution in [1.29, 1.82) is 0 Å². The summed E-state index contributed by atoms with van der Waals surface area (Å²) in [6.45, 7) is 6.61. The van der Waals surface area contributed by atoms with E-state index in [0.29, 0.717) is 52.3 Å². The van der Waals surface area contributed by atoms with E-state index in [-0.39, 0.29) is 36.5 Å². The van der Waals surface area contributed by atoms with Crippen molar-refractivity contribution in [3.63, 3.8) is 0 Å². The third-order valence-corrected chi connectivity index (χ3v) is 12.3. The summed E-state index contributed by atoms with van der Waals surface area (Å²) in [6, 6.07) is 11.1. The molecule has 3 aliphatic rings. The van der Waals surface area contributed by atoms with Crippen LogP contribution in [0.5, 0.6) is 0 Å². The number of amides is 5. The first-order valence-corrected chi connectivity index (χ1v) is 20.8. The second-order valence-corrected chi connectivity index (χ2v) is 17.3. The summed E-state index contributed by atoms with van der Waals surface area (Å²) in [5, 5.41) is 21.9. The Morgan fingerprint density at radius 2 is 1.72 bits per heavy atom. The number of nitrogens with one attached hydrogen (secondary N) is 2. The second-order valence-electron chi connectivity index (χ2n) is 16.9. The normalized spacial score (nSPS) is 19.6. The molecule has 3 N–H and O–H groups in total. The summed E-state index contributed by atoms with van der Waals surface area (Å²) in [7, 11) is 2.17. The predicted molar refractivity (Wildman–Crippen MR) is 221 cm³/mol. The van der Waals surface area contributed by atoms with E-state index in [9.17, 15) is 37.5 Å². The van der Waals surface area contributed by atoms with Crippen molar-refractivity contribution in [2.75, 3.05) is 50.0 Å². The number of benzene rings is 2. The topological polar surface area (TPSA) is 153 Å². The van der Waals surface area contributed by atoms with Crippen molar-refractivity contribution < 1.29 is 37.5 Å². The number of urea groups is 1. The number of aromatic nitrogens is 3. The zero-order valence-corrected chi connectivity index (χ0v) is 34.7. The van der Waals surface area contributed by atoms with Gasteiger partial charge in [-0.05, 0) is 127 Å². The van der Waals surface area contributed by atoms with Crippen molar-refractivity contribution in [1.82, 2.24) is 29.9 Å². The molecule has 4 heterocycles. The molecule has 0 spiro atoms. The van der Waals surface area contributed by atoms with Crippen LogP contribution in [-0.2, 0) is 16.6 Å². The number of alkyl halides is 3. The van der Waals surface area contributed by atoms with E-state index < -0.39 is 35.1 Å². The standard InChI is InChI=1S/C43H50ClF3N8O5/c1-42(2,60)31-23-34-29(21-35(31)49-39(57)33-5-4-6-37(48-33)43(45,46)47)25-55(51-34)30-10-7-27(8-11-30)24-52(3)17-13-26-14-18-53(19-15-26)40(58)28-9-12-32(44)36(22-28)54-20-16-38(56)50-41(54)59/h4-6,9,12,21-23,25-27,30,60H,7-8,10-11,13-20,24H2,1-3H3,(H,49,57)(H,50,56,59). The van der Waals surface area contributed by atoms with Crippen LogP contribution in [0, 0.1) is 11.8 Å². The largest absolute Gasteiger partial charge is 0.433 e. The van der Waals surface area contributed by atoms with Gasteiger partial charge in [-0.1, -0.05) is 17.7 Å². The number of imide groups is 1. The predicted octanol–water partition coefficient (Wildman–Crippen LogP) is 7.64.